The van der Waals surface area contributed by atoms with Crippen LogP contribution < -0.4 is 14.9 Å². The van der Waals surface area contributed by atoms with Gasteiger partial charge in [-0.05, 0) is 36.7 Å². The largest absolute Gasteiger partial charge is 0.871 e. The Kier molecular flexibility index (Phi) is 9.38. The van der Waals surface area contributed by atoms with E-state index >= 15 is 0 Å². The second-order valence-electron chi connectivity index (χ2n) is 12.1. The first kappa shape index (κ1) is 31.8. The van der Waals surface area contributed by atoms with E-state index in [1.807, 2.05) is 62.4 Å². The Morgan fingerprint density at radius 1 is 0.708 bits per heavy atom. The molecule has 0 radical (unpaired) electrons. The van der Waals surface area contributed by atoms with E-state index in [0.29, 0.717) is 28.6 Å². The maximum Gasteiger partial charge on any atom is 0.234 e. The molecule has 1 aliphatic heterocycles. The van der Waals surface area contributed by atoms with Gasteiger partial charge in [-0.3, -0.25) is 9.69 Å². The molecule has 1 atom stereocenters. The van der Waals surface area contributed by atoms with Crippen LogP contribution in [0, 0.1) is 6.92 Å². The number of nitrogens with one attached hydrogen (secondary N) is 1. The number of ketones is 1. The number of benzene rings is 4. The van der Waals surface area contributed by atoms with Crippen molar-refractivity contribution in [2.75, 3.05) is 4.90 Å². The smallest absolute Gasteiger partial charge is 0.234 e. The van der Waals surface area contributed by atoms with Crippen LogP contribution in [0.15, 0.2) is 143 Å². The third-order valence-corrected chi connectivity index (χ3v) is 11.2. The van der Waals surface area contributed by atoms with Crippen molar-refractivity contribution in [3.05, 3.63) is 170 Å². The number of Topliss-reactive ketones (excluding diaryl/α,β-unsaturated/α-hetero) is 1. The first-order chi connectivity index (χ1) is 23.4. The summed E-state index contributed by atoms with van der Waals surface area (Å²) < 4.78 is 0. The fraction of sp³-hybridized carbons (Fsp3) is 0.175. The van der Waals surface area contributed by atoms with Gasteiger partial charge in [0.25, 0.3) is 0 Å². The van der Waals surface area contributed by atoms with E-state index in [1.165, 1.54) is 39.1 Å². The van der Waals surface area contributed by atoms with E-state index in [1.54, 1.807) is 0 Å². The molecule has 240 valence electrons. The van der Waals surface area contributed by atoms with E-state index < -0.39 is 0 Å². The molecular weight excluding hydrogens is 633 g/mol. The van der Waals surface area contributed by atoms with E-state index in [-0.39, 0.29) is 28.2 Å². The van der Waals surface area contributed by atoms with Crippen molar-refractivity contribution in [3.63, 3.8) is 0 Å². The van der Waals surface area contributed by atoms with E-state index in [2.05, 4.69) is 77.7 Å². The fourth-order valence-electron chi connectivity index (χ4n) is 6.18. The Hall–Kier alpha value is -4.76. The lowest BCUT2D eigenvalue weighted by atomic mass is 9.85. The molecule has 1 N–H and O–H groups in total. The Morgan fingerprint density at radius 3 is 1.67 bits per heavy atom. The van der Waals surface area contributed by atoms with Gasteiger partial charge in [0.1, 0.15) is 13.1 Å². The molecule has 0 bridgehead atoms. The Labute approximate surface area is 289 Å². The highest BCUT2D eigenvalue weighted by Crippen LogP contribution is 2.45. The second kappa shape index (κ2) is 14.2. The number of quaternary nitrogens is 1. The lowest BCUT2D eigenvalue weighted by Crippen LogP contribution is -3.12. The van der Waals surface area contributed by atoms with Crippen molar-refractivity contribution in [2.45, 2.75) is 45.5 Å². The van der Waals surface area contributed by atoms with Crippen LogP contribution in [0.5, 0.6) is 0 Å². The van der Waals surface area contributed by atoms with E-state index in [4.69, 9.17) is 9.98 Å². The Bertz CT molecular complexity index is 1920. The van der Waals surface area contributed by atoms with Gasteiger partial charge in [0.2, 0.25) is 5.50 Å². The minimum atomic E-state index is -0.207. The van der Waals surface area contributed by atoms with Crippen LogP contribution in [0.4, 0.5) is 5.13 Å². The zero-order valence-corrected chi connectivity index (χ0v) is 28.6. The first-order valence-corrected chi connectivity index (χ1v) is 17.8. The zero-order chi connectivity index (χ0) is 33.0. The summed E-state index contributed by atoms with van der Waals surface area (Å²) in [5, 5.41) is 14.6. The average Bonchev–Trinajstić information content (AvgIpc) is 3.68. The molecule has 5 aromatic rings. The molecule has 2 heterocycles. The number of thioether (sulfide) groups is 1. The number of thiazole rings is 1. The standard InChI is InChI=1S/C40H36N4O2S2/c1-27-37(47-39(41-27)43(23-29-15-7-3-8-16-29)24-30-17-9-4-10-18-30)33-35(45)34(36(33)46)38-28(2)42-40(48-38)44(25-31-19-11-5-12-20-31)26-32-21-13-6-14-22-32/h3-22,39,45H,23-26H2,1-2H3/b37-33+. The summed E-state index contributed by atoms with van der Waals surface area (Å²) in [4.78, 5) is 28.6. The van der Waals surface area contributed by atoms with Gasteiger partial charge in [-0.2, -0.15) is 0 Å². The molecule has 0 amide bonds. The molecule has 7 rings (SSSR count). The number of rotatable bonds is 11. The van der Waals surface area contributed by atoms with Gasteiger partial charge < -0.3 is 10.0 Å². The molecule has 1 aromatic heterocycles. The molecule has 0 saturated heterocycles. The molecule has 4 aromatic carbocycles. The van der Waals surface area contributed by atoms with E-state index in [9.17, 15) is 9.90 Å². The monoisotopic (exact) mass is 668 g/mol. The van der Waals surface area contributed by atoms with Gasteiger partial charge in [-0.15, -0.1) is 0 Å². The summed E-state index contributed by atoms with van der Waals surface area (Å²) in [6, 6.07) is 41.3. The van der Waals surface area contributed by atoms with Crippen LogP contribution >= 0.6 is 23.1 Å². The third-order valence-electron chi connectivity index (χ3n) is 8.62. The molecule has 0 saturated carbocycles. The topological polar surface area (TPSA) is 73.1 Å². The van der Waals surface area contributed by atoms with Gasteiger partial charge in [0, 0.05) is 40.3 Å². The van der Waals surface area contributed by atoms with Crippen molar-refractivity contribution < 1.29 is 14.8 Å². The average molecular weight is 669 g/mol. The summed E-state index contributed by atoms with van der Waals surface area (Å²) in [6.07, 6.45) is 0. The quantitative estimate of drug-likeness (QED) is 0.166. The summed E-state index contributed by atoms with van der Waals surface area (Å²) in [5.74, 6) is -0.414. The lowest BCUT2D eigenvalue weighted by Gasteiger charge is -2.31. The van der Waals surface area contributed by atoms with Crippen LogP contribution in [-0.4, -0.2) is 22.0 Å². The minimum Gasteiger partial charge on any atom is -0.871 e. The van der Waals surface area contributed by atoms with Gasteiger partial charge in [-0.1, -0.05) is 138 Å². The summed E-state index contributed by atoms with van der Waals surface area (Å²) >= 11 is 2.96. The second-order valence-corrected chi connectivity index (χ2v) is 14.2. The molecular formula is C40H36N4O2S2. The predicted octanol–water partition coefficient (Wildman–Crippen LogP) is 6.34. The fourth-order valence-corrected chi connectivity index (χ4v) is 8.58. The lowest BCUT2D eigenvalue weighted by molar-refractivity contribution is -0.936. The molecule has 1 unspecified atom stereocenters. The molecule has 6 nitrogen and oxygen atoms in total. The number of aromatic nitrogens is 1. The van der Waals surface area contributed by atoms with Crippen LogP contribution in [-0.2, 0) is 31.0 Å². The van der Waals surface area contributed by atoms with Crippen LogP contribution in [0.2, 0.25) is 0 Å². The molecule has 8 heteroatoms. The van der Waals surface area contributed by atoms with Crippen LogP contribution in [0.25, 0.3) is 5.57 Å². The van der Waals surface area contributed by atoms with Crippen molar-refractivity contribution >= 4 is 45.3 Å². The van der Waals surface area contributed by atoms with Gasteiger partial charge in [0.15, 0.2) is 10.9 Å². The maximum absolute atomic E-state index is 13.9. The summed E-state index contributed by atoms with van der Waals surface area (Å²) in [7, 11) is 0. The number of allylic oxidation sites excluding steroid dienone is 3. The Morgan fingerprint density at radius 2 is 1.19 bits per heavy atom. The van der Waals surface area contributed by atoms with Crippen molar-refractivity contribution in [2.24, 2.45) is 4.99 Å². The molecule has 48 heavy (non-hydrogen) atoms. The number of anilines is 1. The number of hydrogen-bond donors (Lipinski definition) is 1. The van der Waals surface area contributed by atoms with Crippen LogP contribution in [0.1, 0.15) is 39.7 Å². The number of hydrogen-bond acceptors (Lipinski definition) is 7. The molecule has 0 fully saturated rings. The van der Waals surface area contributed by atoms with Crippen molar-refractivity contribution in [3.8, 4) is 0 Å². The number of aryl methyl sites for hydroxylation is 1. The molecule has 2 aliphatic rings. The minimum absolute atomic E-state index is 0.168. The van der Waals surface area contributed by atoms with Gasteiger partial charge in [0.05, 0.1) is 16.3 Å². The number of aliphatic imine (C=N–C) groups is 1. The maximum atomic E-state index is 13.9. The normalized spacial score (nSPS) is 17.5. The highest BCUT2D eigenvalue weighted by Gasteiger charge is 2.39. The molecule has 1 aliphatic carbocycles. The summed E-state index contributed by atoms with van der Waals surface area (Å²) in [5.41, 5.74) is 6.55. The van der Waals surface area contributed by atoms with Crippen molar-refractivity contribution in [1.82, 2.24) is 4.98 Å². The highest BCUT2D eigenvalue weighted by molar-refractivity contribution is 8.04. The molecule has 0 spiro atoms. The highest BCUT2D eigenvalue weighted by atomic mass is 32.2. The SMILES string of the molecule is CC1=NC([NH+](Cc2ccccc2)Cc2ccccc2)S/C1=C1/C(=O)C(c2sc(N(Cc3ccccc3)Cc3ccccc3)nc2C)=C1[O-]. The first-order valence-electron chi connectivity index (χ1n) is 16.1. The van der Waals surface area contributed by atoms with Crippen LogP contribution in [0.3, 0.4) is 0 Å². The Balaban J connectivity index is 1.16. The number of carbonyl (C=O) groups excluding carboxylic acids is 1. The third kappa shape index (κ3) is 6.78. The van der Waals surface area contributed by atoms with Crippen molar-refractivity contribution in [1.29, 1.82) is 0 Å². The zero-order valence-electron chi connectivity index (χ0n) is 26.9. The summed E-state index contributed by atoms with van der Waals surface area (Å²) in [6.45, 7) is 6.67. The van der Waals surface area contributed by atoms with E-state index in [0.717, 1.165) is 35.1 Å². The van der Waals surface area contributed by atoms with Gasteiger partial charge in [-0.25, -0.2) is 9.98 Å². The number of nitrogens with zero attached hydrogens (tertiary/aromatic N) is 3. The van der Waals surface area contributed by atoms with Gasteiger partial charge >= 0.3 is 0 Å². The predicted molar refractivity (Wildman–Crippen MR) is 194 cm³/mol. The number of carbonyl (C=O) groups is 1.